The maximum atomic E-state index is 13.1. The van der Waals surface area contributed by atoms with Gasteiger partial charge in [-0.2, -0.15) is 13.2 Å². The number of carbonyl (C=O) groups is 1. The summed E-state index contributed by atoms with van der Waals surface area (Å²) in [7, 11) is 0. The van der Waals surface area contributed by atoms with E-state index < -0.39 is 17.6 Å². The van der Waals surface area contributed by atoms with Gasteiger partial charge >= 0.3 is 18.0 Å². The maximum Gasteiger partial charge on any atom is 0.416 e. The molecular weight excluding hydrogens is 377 g/mol. The molecule has 1 aliphatic carbocycles. The Morgan fingerprint density at radius 2 is 2.11 bits per heavy atom. The molecule has 1 saturated carbocycles. The van der Waals surface area contributed by atoms with Crippen molar-refractivity contribution in [1.29, 1.82) is 0 Å². The molecular formula is C18H19F3N4O3. The summed E-state index contributed by atoms with van der Waals surface area (Å²) in [4.78, 5) is 12.3. The van der Waals surface area contributed by atoms with E-state index in [1.54, 1.807) is 0 Å². The van der Waals surface area contributed by atoms with Crippen molar-refractivity contribution in [2.24, 2.45) is 0 Å². The molecule has 1 aromatic carbocycles. The standard InChI is InChI=1S/C18H19F3N4O3/c1-9-6-11(8-22-9)23-15(26)17-25-24-16(28-17)13-7-10(18(19,20)21)2-5-14(13)27-12-3-4-12/h2,5,7,9,11-12,22H,3-4,6,8H2,1H3,(H,23,26)/t9-,11?/m1/s1. The summed E-state index contributed by atoms with van der Waals surface area (Å²) >= 11 is 0. The number of alkyl halides is 3. The van der Waals surface area contributed by atoms with Gasteiger partial charge in [0.25, 0.3) is 5.89 Å². The fraction of sp³-hybridized carbons (Fsp3) is 0.500. The highest BCUT2D eigenvalue weighted by molar-refractivity contribution is 5.90. The van der Waals surface area contributed by atoms with Crippen LogP contribution in [-0.4, -0.2) is 40.8 Å². The number of nitrogens with zero attached hydrogens (tertiary/aromatic N) is 2. The molecule has 0 bridgehead atoms. The Morgan fingerprint density at radius 1 is 1.32 bits per heavy atom. The third-order valence-corrected chi connectivity index (χ3v) is 4.66. The highest BCUT2D eigenvalue weighted by Crippen LogP contribution is 2.39. The van der Waals surface area contributed by atoms with Crippen molar-refractivity contribution in [3.05, 3.63) is 29.7 Å². The average molecular weight is 396 g/mol. The Morgan fingerprint density at radius 3 is 2.75 bits per heavy atom. The summed E-state index contributed by atoms with van der Waals surface area (Å²) in [6.45, 7) is 2.63. The second kappa shape index (κ2) is 7.08. The van der Waals surface area contributed by atoms with Crippen LogP contribution in [0.2, 0.25) is 0 Å². The van der Waals surface area contributed by atoms with Crippen LogP contribution in [0.15, 0.2) is 22.6 Å². The van der Waals surface area contributed by atoms with Crippen LogP contribution in [0.3, 0.4) is 0 Å². The highest BCUT2D eigenvalue weighted by Gasteiger charge is 2.33. The number of aromatic nitrogens is 2. The Bertz CT molecular complexity index is 879. The monoisotopic (exact) mass is 396 g/mol. The van der Waals surface area contributed by atoms with Gasteiger partial charge in [-0.3, -0.25) is 4.79 Å². The lowest BCUT2D eigenvalue weighted by atomic mass is 10.1. The number of ether oxygens (including phenoxy) is 1. The zero-order chi connectivity index (χ0) is 19.9. The van der Waals surface area contributed by atoms with E-state index in [1.807, 2.05) is 6.92 Å². The molecule has 2 aliphatic rings. The minimum absolute atomic E-state index is 0.0180. The van der Waals surface area contributed by atoms with E-state index in [0.717, 1.165) is 31.4 Å². The molecule has 1 unspecified atom stereocenters. The van der Waals surface area contributed by atoms with Gasteiger partial charge in [0.15, 0.2) is 0 Å². The summed E-state index contributed by atoms with van der Waals surface area (Å²) < 4.78 is 50.4. The summed E-state index contributed by atoms with van der Waals surface area (Å²) in [5, 5.41) is 13.4. The van der Waals surface area contributed by atoms with Crippen molar-refractivity contribution in [3.63, 3.8) is 0 Å². The van der Waals surface area contributed by atoms with Gasteiger partial charge in [-0.15, -0.1) is 10.2 Å². The number of nitrogens with one attached hydrogen (secondary N) is 2. The first-order valence-corrected chi connectivity index (χ1v) is 9.05. The molecule has 2 atom stereocenters. The topological polar surface area (TPSA) is 89.3 Å². The molecule has 28 heavy (non-hydrogen) atoms. The fourth-order valence-corrected chi connectivity index (χ4v) is 3.06. The molecule has 2 heterocycles. The molecule has 4 rings (SSSR count). The average Bonchev–Trinajstić information content (AvgIpc) is 3.14. The normalized spacial score (nSPS) is 22.3. The summed E-state index contributed by atoms with van der Waals surface area (Å²) in [5.41, 5.74) is -0.842. The number of halogens is 3. The predicted molar refractivity (Wildman–Crippen MR) is 91.7 cm³/mol. The van der Waals surface area contributed by atoms with Crippen LogP contribution in [0, 0.1) is 0 Å². The van der Waals surface area contributed by atoms with Crippen LogP contribution in [-0.2, 0) is 6.18 Å². The lowest BCUT2D eigenvalue weighted by Gasteiger charge is -2.12. The Labute approximate surface area is 158 Å². The lowest BCUT2D eigenvalue weighted by Crippen LogP contribution is -2.36. The van der Waals surface area contributed by atoms with Crippen molar-refractivity contribution >= 4 is 5.91 Å². The van der Waals surface area contributed by atoms with Gasteiger partial charge in [0.2, 0.25) is 0 Å². The highest BCUT2D eigenvalue weighted by atomic mass is 19.4. The maximum absolute atomic E-state index is 13.1. The third kappa shape index (κ3) is 4.11. The summed E-state index contributed by atoms with van der Waals surface area (Å²) in [6.07, 6.45) is -2.12. The van der Waals surface area contributed by atoms with Gasteiger partial charge < -0.3 is 19.8 Å². The molecule has 1 amide bonds. The second-order valence-electron chi connectivity index (χ2n) is 7.15. The van der Waals surface area contributed by atoms with Gasteiger partial charge in [0.05, 0.1) is 17.2 Å². The van der Waals surface area contributed by atoms with E-state index >= 15 is 0 Å². The molecule has 7 nitrogen and oxygen atoms in total. The molecule has 150 valence electrons. The number of rotatable bonds is 5. The van der Waals surface area contributed by atoms with Gasteiger partial charge in [0, 0.05) is 18.6 Å². The summed E-state index contributed by atoms with van der Waals surface area (Å²) in [5.74, 6) is -0.828. The SMILES string of the molecule is C[C@@H]1CC(NC(=O)c2nnc(-c3cc(C(F)(F)F)ccc3OC3CC3)o2)CN1. The van der Waals surface area contributed by atoms with E-state index in [1.165, 1.54) is 6.07 Å². The molecule has 2 fully saturated rings. The first kappa shape index (κ1) is 18.7. The van der Waals surface area contributed by atoms with Gasteiger partial charge in [-0.1, -0.05) is 0 Å². The Hall–Kier alpha value is -2.62. The first-order chi connectivity index (χ1) is 13.3. The summed E-state index contributed by atoms with van der Waals surface area (Å²) in [6, 6.07) is 3.30. The van der Waals surface area contributed by atoms with Crippen molar-refractivity contribution in [2.75, 3.05) is 6.54 Å². The molecule has 0 radical (unpaired) electrons. The van der Waals surface area contributed by atoms with E-state index in [4.69, 9.17) is 9.15 Å². The Kier molecular flexibility index (Phi) is 4.74. The van der Waals surface area contributed by atoms with Gasteiger partial charge in [0.1, 0.15) is 5.75 Å². The number of hydrogen-bond donors (Lipinski definition) is 2. The van der Waals surface area contributed by atoms with Crippen molar-refractivity contribution < 1.29 is 27.1 Å². The number of carbonyl (C=O) groups excluding carboxylic acids is 1. The molecule has 1 aromatic heterocycles. The largest absolute Gasteiger partial charge is 0.490 e. The zero-order valence-electron chi connectivity index (χ0n) is 15.0. The molecule has 2 aromatic rings. The second-order valence-corrected chi connectivity index (χ2v) is 7.15. The molecule has 10 heteroatoms. The van der Waals surface area contributed by atoms with Crippen LogP contribution in [0.1, 0.15) is 42.4 Å². The molecule has 0 spiro atoms. The minimum atomic E-state index is -4.53. The van der Waals surface area contributed by atoms with Crippen LogP contribution < -0.4 is 15.4 Å². The van der Waals surface area contributed by atoms with Crippen LogP contribution in [0.4, 0.5) is 13.2 Å². The van der Waals surface area contributed by atoms with Crippen molar-refractivity contribution in [1.82, 2.24) is 20.8 Å². The van der Waals surface area contributed by atoms with Crippen LogP contribution in [0.5, 0.6) is 5.75 Å². The smallest absolute Gasteiger partial charge is 0.416 e. The van der Waals surface area contributed by atoms with Gasteiger partial charge in [-0.25, -0.2) is 0 Å². The van der Waals surface area contributed by atoms with Crippen LogP contribution in [0.25, 0.3) is 11.5 Å². The quantitative estimate of drug-likeness (QED) is 0.808. The number of hydrogen-bond acceptors (Lipinski definition) is 6. The number of benzene rings is 1. The molecule has 2 N–H and O–H groups in total. The Balaban J connectivity index is 1.58. The van der Waals surface area contributed by atoms with Crippen molar-refractivity contribution in [2.45, 2.75) is 50.6 Å². The van der Waals surface area contributed by atoms with E-state index in [2.05, 4.69) is 20.8 Å². The van der Waals surface area contributed by atoms with Crippen LogP contribution >= 0.6 is 0 Å². The van der Waals surface area contributed by atoms with E-state index in [0.29, 0.717) is 6.54 Å². The minimum Gasteiger partial charge on any atom is -0.490 e. The van der Waals surface area contributed by atoms with E-state index in [9.17, 15) is 18.0 Å². The van der Waals surface area contributed by atoms with Gasteiger partial charge in [-0.05, 0) is 44.4 Å². The molecule has 1 aliphatic heterocycles. The zero-order valence-corrected chi connectivity index (χ0v) is 15.0. The fourth-order valence-electron chi connectivity index (χ4n) is 3.06. The first-order valence-electron chi connectivity index (χ1n) is 9.05. The van der Waals surface area contributed by atoms with E-state index in [-0.39, 0.29) is 41.3 Å². The lowest BCUT2D eigenvalue weighted by molar-refractivity contribution is -0.137. The molecule has 1 saturated heterocycles. The third-order valence-electron chi connectivity index (χ3n) is 4.66. The predicted octanol–water partition coefficient (Wildman–Crippen LogP) is 2.78. The van der Waals surface area contributed by atoms with Crippen molar-refractivity contribution in [3.8, 4) is 17.2 Å². The number of amides is 1.